The van der Waals surface area contributed by atoms with Gasteiger partial charge in [-0.15, -0.1) is 0 Å². The highest BCUT2D eigenvalue weighted by molar-refractivity contribution is 9.10. The Morgan fingerprint density at radius 2 is 2.21 bits per heavy atom. The Morgan fingerprint density at radius 1 is 1.47 bits per heavy atom. The Kier molecular flexibility index (Phi) is 4.25. The van der Waals surface area contributed by atoms with Gasteiger partial charge in [0.2, 0.25) is 0 Å². The summed E-state index contributed by atoms with van der Waals surface area (Å²) in [6.45, 7) is 0.0348. The molecule has 1 aliphatic heterocycles. The normalized spacial score (nSPS) is 21.3. The molecule has 1 aromatic carbocycles. The number of sulfone groups is 1. The number of amides is 1. The molecule has 1 fully saturated rings. The third-order valence-corrected chi connectivity index (χ3v) is 5.90. The van der Waals surface area contributed by atoms with Crippen LogP contribution in [0.4, 0.5) is 4.39 Å². The molecular formula is C12H13BrFNO3S. The molecule has 1 unspecified atom stereocenters. The summed E-state index contributed by atoms with van der Waals surface area (Å²) in [6, 6.07) is 4.05. The van der Waals surface area contributed by atoms with E-state index in [1.165, 1.54) is 18.2 Å². The summed E-state index contributed by atoms with van der Waals surface area (Å²) >= 11 is 3.16. The molecule has 104 valence electrons. The van der Waals surface area contributed by atoms with Crippen molar-refractivity contribution in [2.45, 2.75) is 18.1 Å². The van der Waals surface area contributed by atoms with E-state index in [0.717, 1.165) is 0 Å². The molecular weight excluding hydrogens is 337 g/mol. The van der Waals surface area contributed by atoms with Crippen LogP contribution in [0.3, 0.4) is 0 Å². The molecule has 0 bridgehead atoms. The lowest BCUT2D eigenvalue weighted by atomic mass is 10.2. The van der Waals surface area contributed by atoms with Crippen LogP contribution in [0, 0.1) is 5.82 Å². The molecule has 0 spiro atoms. The minimum atomic E-state index is -3.10. The van der Waals surface area contributed by atoms with Gasteiger partial charge in [0.15, 0.2) is 9.84 Å². The first-order valence-corrected chi connectivity index (χ1v) is 8.36. The van der Waals surface area contributed by atoms with E-state index in [1.807, 2.05) is 0 Å². The molecule has 1 N–H and O–H groups in total. The lowest BCUT2D eigenvalue weighted by molar-refractivity contribution is 0.0949. The van der Waals surface area contributed by atoms with Gasteiger partial charge in [-0.3, -0.25) is 4.79 Å². The minimum Gasteiger partial charge on any atom is -0.351 e. The van der Waals surface area contributed by atoms with Crippen LogP contribution >= 0.6 is 15.9 Å². The van der Waals surface area contributed by atoms with Gasteiger partial charge in [-0.25, -0.2) is 12.8 Å². The van der Waals surface area contributed by atoms with Crippen LogP contribution in [0.25, 0.3) is 0 Å². The second kappa shape index (κ2) is 5.58. The second-order valence-electron chi connectivity index (χ2n) is 4.47. The van der Waals surface area contributed by atoms with Crippen molar-refractivity contribution in [2.24, 2.45) is 0 Å². The maximum atomic E-state index is 13.5. The first-order valence-electron chi connectivity index (χ1n) is 5.85. The highest BCUT2D eigenvalue weighted by Crippen LogP contribution is 2.20. The molecule has 0 saturated carbocycles. The summed E-state index contributed by atoms with van der Waals surface area (Å²) < 4.78 is 37.3. The van der Waals surface area contributed by atoms with Crippen LogP contribution < -0.4 is 5.32 Å². The third-order valence-electron chi connectivity index (χ3n) is 3.13. The molecule has 1 amide bonds. The molecule has 7 heteroatoms. The quantitative estimate of drug-likeness (QED) is 0.906. The van der Waals surface area contributed by atoms with Gasteiger partial charge >= 0.3 is 0 Å². The number of carbonyl (C=O) groups excluding carboxylic acids is 1. The molecule has 19 heavy (non-hydrogen) atoms. The summed E-state index contributed by atoms with van der Waals surface area (Å²) in [6.07, 6.45) is 1.16. The maximum absolute atomic E-state index is 13.5. The van der Waals surface area contributed by atoms with Crippen molar-refractivity contribution >= 4 is 31.7 Å². The fourth-order valence-electron chi connectivity index (χ4n) is 2.06. The van der Waals surface area contributed by atoms with E-state index in [0.29, 0.717) is 17.3 Å². The van der Waals surface area contributed by atoms with Gasteiger partial charge in [-0.1, -0.05) is 15.9 Å². The fourth-order valence-corrected chi connectivity index (χ4v) is 4.19. The molecule has 1 aromatic rings. The van der Waals surface area contributed by atoms with Crippen LogP contribution in [0.5, 0.6) is 0 Å². The molecule has 1 heterocycles. The summed E-state index contributed by atoms with van der Waals surface area (Å²) in [5.41, 5.74) is -0.0928. The number of hydrogen-bond acceptors (Lipinski definition) is 3. The van der Waals surface area contributed by atoms with E-state index in [2.05, 4.69) is 21.2 Å². The van der Waals surface area contributed by atoms with E-state index < -0.39 is 26.8 Å². The largest absolute Gasteiger partial charge is 0.351 e. The molecule has 0 aliphatic carbocycles. The Labute approximate surface area is 119 Å². The van der Waals surface area contributed by atoms with E-state index >= 15 is 0 Å². The van der Waals surface area contributed by atoms with Crippen molar-refractivity contribution in [3.05, 3.63) is 34.1 Å². The molecule has 0 aromatic heterocycles. The molecule has 1 atom stereocenters. The highest BCUT2D eigenvalue weighted by atomic mass is 79.9. The van der Waals surface area contributed by atoms with Gasteiger partial charge in [0.05, 0.1) is 16.6 Å². The van der Waals surface area contributed by atoms with Crippen molar-refractivity contribution < 1.29 is 17.6 Å². The predicted octanol–water partition coefficient (Wildman–Crippen LogP) is 1.90. The van der Waals surface area contributed by atoms with Gasteiger partial charge in [-0.2, -0.15) is 0 Å². The van der Waals surface area contributed by atoms with Crippen LogP contribution in [0.1, 0.15) is 23.2 Å². The third kappa shape index (κ3) is 3.33. The first-order chi connectivity index (χ1) is 8.90. The van der Waals surface area contributed by atoms with Crippen molar-refractivity contribution in [1.82, 2.24) is 5.32 Å². The monoisotopic (exact) mass is 349 g/mol. The number of carbonyl (C=O) groups is 1. The van der Waals surface area contributed by atoms with Gasteiger partial charge in [-0.05, 0) is 31.0 Å². The van der Waals surface area contributed by atoms with Crippen LogP contribution in [0.2, 0.25) is 0 Å². The van der Waals surface area contributed by atoms with Crippen molar-refractivity contribution in [1.29, 1.82) is 0 Å². The first kappa shape index (κ1) is 14.5. The van der Waals surface area contributed by atoms with Gasteiger partial charge in [0.1, 0.15) is 5.82 Å². The standard InChI is InChI=1S/C12H13BrFNO3S/c13-8-3-4-11(14)10(6-8)12(16)15-7-9-2-1-5-19(9,17)18/h3-4,6,9H,1-2,5,7H2,(H,15,16). The summed E-state index contributed by atoms with van der Waals surface area (Å²) in [5.74, 6) is -1.06. The Morgan fingerprint density at radius 3 is 2.84 bits per heavy atom. The van der Waals surface area contributed by atoms with Crippen molar-refractivity contribution in [2.75, 3.05) is 12.3 Å². The van der Waals surface area contributed by atoms with Crippen LogP contribution in [-0.2, 0) is 9.84 Å². The smallest absolute Gasteiger partial charge is 0.254 e. The zero-order valence-electron chi connectivity index (χ0n) is 10.0. The average Bonchev–Trinajstić information content (AvgIpc) is 2.68. The zero-order valence-corrected chi connectivity index (χ0v) is 12.4. The molecule has 2 rings (SSSR count). The van der Waals surface area contributed by atoms with Crippen LogP contribution in [-0.4, -0.2) is 31.9 Å². The number of nitrogens with one attached hydrogen (secondary N) is 1. The lowest BCUT2D eigenvalue weighted by Gasteiger charge is -2.11. The molecule has 1 saturated heterocycles. The van der Waals surface area contributed by atoms with Crippen molar-refractivity contribution in [3.8, 4) is 0 Å². The maximum Gasteiger partial charge on any atom is 0.254 e. The minimum absolute atomic E-state index is 0.0348. The number of benzene rings is 1. The number of halogens is 2. The van der Waals surface area contributed by atoms with E-state index in [1.54, 1.807) is 0 Å². The van der Waals surface area contributed by atoms with E-state index in [9.17, 15) is 17.6 Å². The van der Waals surface area contributed by atoms with Crippen LogP contribution in [0.15, 0.2) is 22.7 Å². The van der Waals surface area contributed by atoms with Gasteiger partial charge < -0.3 is 5.32 Å². The average molecular weight is 350 g/mol. The van der Waals surface area contributed by atoms with E-state index in [4.69, 9.17) is 0 Å². The topological polar surface area (TPSA) is 63.2 Å². The lowest BCUT2D eigenvalue weighted by Crippen LogP contribution is -2.35. The predicted molar refractivity (Wildman–Crippen MR) is 73.2 cm³/mol. The SMILES string of the molecule is O=C(NCC1CCCS1(=O)=O)c1cc(Br)ccc1F. The Hall–Kier alpha value is -0.950. The molecule has 0 radical (unpaired) electrons. The summed E-state index contributed by atoms with van der Waals surface area (Å²) in [7, 11) is -3.10. The Bertz CT molecular complexity index is 603. The van der Waals surface area contributed by atoms with Crippen molar-refractivity contribution in [3.63, 3.8) is 0 Å². The number of hydrogen-bond donors (Lipinski definition) is 1. The zero-order chi connectivity index (χ0) is 14.0. The summed E-state index contributed by atoms with van der Waals surface area (Å²) in [4.78, 5) is 11.8. The van der Waals surface area contributed by atoms with E-state index in [-0.39, 0.29) is 17.9 Å². The summed E-state index contributed by atoms with van der Waals surface area (Å²) in [5, 5.41) is 1.94. The highest BCUT2D eigenvalue weighted by Gasteiger charge is 2.31. The number of rotatable bonds is 3. The Balaban J connectivity index is 2.04. The fraction of sp³-hybridized carbons (Fsp3) is 0.417. The molecule has 1 aliphatic rings. The molecule has 4 nitrogen and oxygen atoms in total. The van der Waals surface area contributed by atoms with Gasteiger partial charge in [0, 0.05) is 11.0 Å². The van der Waals surface area contributed by atoms with Gasteiger partial charge in [0.25, 0.3) is 5.91 Å². The second-order valence-corrected chi connectivity index (χ2v) is 7.78.